The van der Waals surface area contributed by atoms with Crippen LogP contribution in [0.3, 0.4) is 0 Å². The summed E-state index contributed by atoms with van der Waals surface area (Å²) in [5, 5.41) is 8.18. The summed E-state index contributed by atoms with van der Waals surface area (Å²) in [5.41, 5.74) is 2.17. The Kier molecular flexibility index (Phi) is 3.88. The van der Waals surface area contributed by atoms with Crippen LogP contribution < -0.4 is 0 Å². The fourth-order valence-corrected chi connectivity index (χ4v) is 1.54. The number of benzene rings is 1. The Morgan fingerprint density at radius 2 is 2.27 bits per heavy atom. The highest BCUT2D eigenvalue weighted by molar-refractivity contribution is 6.31. The lowest BCUT2D eigenvalue weighted by Crippen LogP contribution is -2.04. The van der Waals surface area contributed by atoms with Crippen LogP contribution in [-0.2, 0) is 11.2 Å². The predicted molar refractivity (Wildman–Crippen MR) is 59.8 cm³/mol. The van der Waals surface area contributed by atoms with Gasteiger partial charge in [-0.15, -0.1) is 11.6 Å². The second-order valence-corrected chi connectivity index (χ2v) is 3.80. The molecule has 0 aliphatic carbocycles. The van der Waals surface area contributed by atoms with E-state index in [9.17, 15) is 4.79 Å². The lowest BCUT2D eigenvalue weighted by molar-refractivity contribution is -0.116. The van der Waals surface area contributed by atoms with Gasteiger partial charge in [-0.05, 0) is 30.5 Å². The monoisotopic (exact) mass is 221 g/mol. The molecule has 0 spiro atoms. The Balaban J connectivity index is 3.24. The first-order chi connectivity index (χ1) is 7.10. The van der Waals surface area contributed by atoms with Crippen molar-refractivity contribution >= 4 is 17.4 Å². The molecular weight excluding hydrogens is 210 g/mol. The maximum Gasteiger partial charge on any atom is 0.152 e. The number of rotatable bonds is 3. The third-order valence-electron chi connectivity index (χ3n) is 2.27. The minimum atomic E-state index is -0.717. The van der Waals surface area contributed by atoms with Crippen molar-refractivity contribution in [1.82, 2.24) is 0 Å². The van der Waals surface area contributed by atoms with Gasteiger partial charge in [0, 0.05) is 0 Å². The minimum Gasteiger partial charge on any atom is -0.298 e. The van der Waals surface area contributed by atoms with Crippen LogP contribution in [0, 0.1) is 11.3 Å². The van der Waals surface area contributed by atoms with Gasteiger partial charge in [0.15, 0.2) is 5.78 Å². The summed E-state index contributed by atoms with van der Waals surface area (Å²) in [5.74, 6) is -0.138. The van der Waals surface area contributed by atoms with E-state index in [1.54, 1.807) is 6.07 Å². The molecule has 0 aromatic heterocycles. The zero-order valence-corrected chi connectivity index (χ0v) is 9.51. The Hall–Kier alpha value is -1.33. The van der Waals surface area contributed by atoms with Gasteiger partial charge in [0.05, 0.1) is 11.6 Å². The van der Waals surface area contributed by atoms with Crippen LogP contribution in [0.25, 0.3) is 0 Å². The van der Waals surface area contributed by atoms with Crippen molar-refractivity contribution in [3.63, 3.8) is 0 Å². The predicted octanol–water partition coefficient (Wildman–Crippen LogP) is 2.99. The van der Waals surface area contributed by atoms with Crippen LogP contribution in [0.15, 0.2) is 18.2 Å². The number of alkyl halides is 1. The lowest BCUT2D eigenvalue weighted by Gasteiger charge is -2.09. The third kappa shape index (κ3) is 2.57. The standard InChI is InChI=1S/C12H12ClNO/c1-3-9-4-5-10(7-14)11(6-9)12(13)8(2)15/h4-6,12H,3H2,1-2H3. The van der Waals surface area contributed by atoms with Crippen LogP contribution >= 0.6 is 11.6 Å². The zero-order chi connectivity index (χ0) is 11.4. The van der Waals surface area contributed by atoms with E-state index in [2.05, 4.69) is 0 Å². The molecular formula is C12H12ClNO. The van der Waals surface area contributed by atoms with Crippen molar-refractivity contribution in [2.24, 2.45) is 0 Å². The maximum atomic E-state index is 11.2. The SMILES string of the molecule is CCc1ccc(C#N)c(C(Cl)C(C)=O)c1. The summed E-state index contributed by atoms with van der Waals surface area (Å²) in [6, 6.07) is 7.47. The quantitative estimate of drug-likeness (QED) is 0.737. The summed E-state index contributed by atoms with van der Waals surface area (Å²) < 4.78 is 0. The molecule has 1 atom stereocenters. The van der Waals surface area contributed by atoms with E-state index in [1.165, 1.54) is 6.92 Å². The Labute approximate surface area is 94.5 Å². The number of carbonyl (C=O) groups excluding carboxylic acids is 1. The molecule has 0 fully saturated rings. The maximum absolute atomic E-state index is 11.2. The van der Waals surface area contributed by atoms with Gasteiger partial charge in [-0.1, -0.05) is 19.1 Å². The molecule has 0 aliphatic rings. The highest BCUT2D eigenvalue weighted by atomic mass is 35.5. The summed E-state index contributed by atoms with van der Waals surface area (Å²) in [7, 11) is 0. The van der Waals surface area contributed by atoms with E-state index < -0.39 is 5.38 Å². The molecule has 0 saturated heterocycles. The third-order valence-corrected chi connectivity index (χ3v) is 2.82. The molecule has 0 heterocycles. The number of hydrogen-bond acceptors (Lipinski definition) is 2. The second-order valence-electron chi connectivity index (χ2n) is 3.36. The van der Waals surface area contributed by atoms with E-state index in [0.29, 0.717) is 11.1 Å². The fourth-order valence-electron chi connectivity index (χ4n) is 1.36. The van der Waals surface area contributed by atoms with Gasteiger partial charge in [0.2, 0.25) is 0 Å². The van der Waals surface area contributed by atoms with E-state index in [4.69, 9.17) is 16.9 Å². The molecule has 0 amide bonds. The minimum absolute atomic E-state index is 0.138. The lowest BCUT2D eigenvalue weighted by atomic mass is 9.99. The summed E-state index contributed by atoms with van der Waals surface area (Å²) in [6.45, 7) is 3.44. The van der Waals surface area contributed by atoms with E-state index >= 15 is 0 Å². The fraction of sp³-hybridized carbons (Fsp3) is 0.333. The molecule has 0 aliphatic heterocycles. The van der Waals surface area contributed by atoms with E-state index in [1.807, 2.05) is 25.1 Å². The molecule has 0 saturated carbocycles. The van der Waals surface area contributed by atoms with Crippen molar-refractivity contribution in [2.45, 2.75) is 25.6 Å². The average molecular weight is 222 g/mol. The van der Waals surface area contributed by atoms with Crippen molar-refractivity contribution in [3.8, 4) is 6.07 Å². The Bertz CT molecular complexity index is 420. The Morgan fingerprint density at radius 3 is 2.73 bits per heavy atom. The van der Waals surface area contributed by atoms with Crippen LogP contribution in [-0.4, -0.2) is 5.78 Å². The van der Waals surface area contributed by atoms with Crippen molar-refractivity contribution < 1.29 is 4.79 Å². The molecule has 2 nitrogen and oxygen atoms in total. The Morgan fingerprint density at radius 1 is 1.60 bits per heavy atom. The van der Waals surface area contributed by atoms with Crippen molar-refractivity contribution in [1.29, 1.82) is 5.26 Å². The normalized spacial score (nSPS) is 11.9. The number of halogens is 1. The van der Waals surface area contributed by atoms with Crippen molar-refractivity contribution in [2.75, 3.05) is 0 Å². The van der Waals surface area contributed by atoms with Gasteiger partial charge >= 0.3 is 0 Å². The number of nitrogens with zero attached hydrogens (tertiary/aromatic N) is 1. The molecule has 0 radical (unpaired) electrons. The number of hydrogen-bond donors (Lipinski definition) is 0. The van der Waals surface area contributed by atoms with Crippen molar-refractivity contribution in [3.05, 3.63) is 34.9 Å². The highest BCUT2D eigenvalue weighted by Crippen LogP contribution is 2.26. The summed E-state index contributed by atoms with van der Waals surface area (Å²) >= 11 is 5.95. The topological polar surface area (TPSA) is 40.9 Å². The number of Topliss-reactive ketones (excluding diaryl/α,β-unsaturated/α-hetero) is 1. The largest absolute Gasteiger partial charge is 0.298 e. The van der Waals surface area contributed by atoms with Gasteiger partial charge in [0.25, 0.3) is 0 Å². The second kappa shape index (κ2) is 4.95. The zero-order valence-electron chi connectivity index (χ0n) is 8.75. The molecule has 0 bridgehead atoms. The van der Waals surface area contributed by atoms with Gasteiger partial charge in [-0.25, -0.2) is 0 Å². The highest BCUT2D eigenvalue weighted by Gasteiger charge is 2.17. The summed E-state index contributed by atoms with van der Waals surface area (Å²) in [4.78, 5) is 11.2. The molecule has 3 heteroatoms. The van der Waals surface area contributed by atoms with Gasteiger partial charge < -0.3 is 0 Å². The molecule has 1 aromatic carbocycles. The number of nitriles is 1. The number of ketones is 1. The molecule has 1 rings (SSSR count). The first kappa shape index (κ1) is 11.7. The van der Waals surface area contributed by atoms with E-state index in [0.717, 1.165) is 12.0 Å². The van der Waals surface area contributed by atoms with Crippen LogP contribution in [0.2, 0.25) is 0 Å². The molecule has 78 valence electrons. The smallest absolute Gasteiger partial charge is 0.152 e. The van der Waals surface area contributed by atoms with Crippen LogP contribution in [0.4, 0.5) is 0 Å². The van der Waals surface area contributed by atoms with Crippen LogP contribution in [0.5, 0.6) is 0 Å². The first-order valence-electron chi connectivity index (χ1n) is 4.77. The first-order valence-corrected chi connectivity index (χ1v) is 5.21. The van der Waals surface area contributed by atoms with Gasteiger partial charge in [0.1, 0.15) is 5.38 Å². The molecule has 1 unspecified atom stereocenters. The van der Waals surface area contributed by atoms with Gasteiger partial charge in [-0.3, -0.25) is 4.79 Å². The molecule has 1 aromatic rings. The van der Waals surface area contributed by atoms with Gasteiger partial charge in [-0.2, -0.15) is 5.26 Å². The van der Waals surface area contributed by atoms with E-state index in [-0.39, 0.29) is 5.78 Å². The number of aryl methyl sites for hydroxylation is 1. The molecule has 0 N–H and O–H groups in total. The molecule has 15 heavy (non-hydrogen) atoms. The average Bonchev–Trinajstić information content (AvgIpc) is 2.27. The number of carbonyl (C=O) groups is 1. The van der Waals surface area contributed by atoms with Crippen LogP contribution in [0.1, 0.15) is 35.9 Å². The summed E-state index contributed by atoms with van der Waals surface area (Å²) in [6.07, 6.45) is 0.861.